The Labute approximate surface area is 195 Å². The highest BCUT2D eigenvalue weighted by atomic mass is 16.5. The van der Waals surface area contributed by atoms with Gasteiger partial charge in [-0.05, 0) is 96.8 Å². The zero-order chi connectivity index (χ0) is 23.6. The van der Waals surface area contributed by atoms with Crippen LogP contribution in [0.25, 0.3) is 0 Å². The van der Waals surface area contributed by atoms with Gasteiger partial charge in [0.15, 0.2) is 0 Å². The van der Waals surface area contributed by atoms with E-state index in [1.807, 2.05) is 67.6 Å². The maximum Gasteiger partial charge on any atom is 0.130 e. The third-order valence-corrected chi connectivity index (χ3v) is 6.06. The lowest BCUT2D eigenvalue weighted by molar-refractivity contribution is 0.477. The van der Waals surface area contributed by atoms with Crippen LogP contribution in [-0.4, -0.2) is 0 Å². The largest absolute Gasteiger partial charge is 0.457 e. The van der Waals surface area contributed by atoms with Gasteiger partial charge < -0.3 is 20.9 Å². The van der Waals surface area contributed by atoms with Gasteiger partial charge in [0.1, 0.15) is 23.0 Å². The number of rotatable bonds is 6. The van der Waals surface area contributed by atoms with Crippen molar-refractivity contribution in [1.29, 1.82) is 0 Å². The molecule has 0 saturated heterocycles. The molecule has 0 saturated carbocycles. The summed E-state index contributed by atoms with van der Waals surface area (Å²) in [6.07, 6.45) is 0. The van der Waals surface area contributed by atoms with Crippen LogP contribution in [-0.2, 0) is 5.41 Å². The zero-order valence-electron chi connectivity index (χ0n) is 19.6. The standard InChI is InChI=1S/C29H30N2O2/c1-19-18-26(14-15-27(19)31)33-28-16-7-22(17-20(28)2)29(3,4)21-5-10-24(11-6-21)32-25-12-8-23(30)9-13-25/h5-18H,30-31H2,1-4H3. The fraction of sp³-hybridized carbons (Fsp3) is 0.172. The van der Waals surface area contributed by atoms with E-state index in [2.05, 4.69) is 45.0 Å². The molecule has 0 heterocycles. The lowest BCUT2D eigenvalue weighted by Gasteiger charge is -2.27. The van der Waals surface area contributed by atoms with Gasteiger partial charge in [-0.25, -0.2) is 0 Å². The first-order chi connectivity index (χ1) is 15.7. The SMILES string of the molecule is Cc1cc(Oc2ccc(C(C)(C)c3ccc(Oc4ccc(N)cc4)cc3)cc2C)ccc1N. The van der Waals surface area contributed by atoms with E-state index in [-0.39, 0.29) is 5.41 Å². The van der Waals surface area contributed by atoms with Gasteiger partial charge >= 0.3 is 0 Å². The number of anilines is 2. The summed E-state index contributed by atoms with van der Waals surface area (Å²) in [5.74, 6) is 3.18. The Bertz CT molecular complexity index is 1260. The van der Waals surface area contributed by atoms with Crippen molar-refractivity contribution in [1.82, 2.24) is 0 Å². The van der Waals surface area contributed by atoms with Crippen LogP contribution in [0.4, 0.5) is 11.4 Å². The third-order valence-electron chi connectivity index (χ3n) is 6.06. The first kappa shape index (κ1) is 22.3. The third kappa shape index (κ3) is 4.96. The van der Waals surface area contributed by atoms with Crippen LogP contribution in [0.15, 0.2) is 84.9 Å². The lowest BCUT2D eigenvalue weighted by atomic mass is 9.77. The molecule has 0 fully saturated rings. The summed E-state index contributed by atoms with van der Waals surface area (Å²) in [7, 11) is 0. The highest BCUT2D eigenvalue weighted by Crippen LogP contribution is 2.36. The minimum Gasteiger partial charge on any atom is -0.457 e. The van der Waals surface area contributed by atoms with Crippen molar-refractivity contribution in [2.45, 2.75) is 33.1 Å². The van der Waals surface area contributed by atoms with E-state index in [0.29, 0.717) is 0 Å². The molecule has 0 radical (unpaired) electrons. The van der Waals surface area contributed by atoms with Gasteiger partial charge in [0.2, 0.25) is 0 Å². The Balaban J connectivity index is 1.51. The molecule has 4 rings (SSSR count). The molecule has 168 valence electrons. The predicted molar refractivity (Wildman–Crippen MR) is 136 cm³/mol. The maximum atomic E-state index is 6.12. The molecule has 0 aliphatic rings. The molecule has 0 bridgehead atoms. The van der Waals surface area contributed by atoms with Gasteiger partial charge in [-0.1, -0.05) is 38.1 Å². The second kappa shape index (κ2) is 8.91. The molecular weight excluding hydrogens is 408 g/mol. The topological polar surface area (TPSA) is 70.5 Å². The Kier molecular flexibility index (Phi) is 6.01. The predicted octanol–water partition coefficient (Wildman–Crippen LogP) is 7.38. The number of ether oxygens (including phenoxy) is 2. The van der Waals surface area contributed by atoms with Crippen molar-refractivity contribution in [3.8, 4) is 23.0 Å². The maximum absolute atomic E-state index is 6.12. The molecule has 0 spiro atoms. The van der Waals surface area contributed by atoms with E-state index in [4.69, 9.17) is 20.9 Å². The van der Waals surface area contributed by atoms with Crippen LogP contribution in [0.1, 0.15) is 36.1 Å². The average Bonchev–Trinajstić information content (AvgIpc) is 2.79. The highest BCUT2D eigenvalue weighted by Gasteiger charge is 2.24. The number of benzene rings is 4. The Morgan fingerprint density at radius 1 is 0.576 bits per heavy atom. The number of nitrogen functional groups attached to an aromatic ring is 2. The molecule has 0 amide bonds. The summed E-state index contributed by atoms with van der Waals surface area (Å²) in [5, 5.41) is 0. The van der Waals surface area contributed by atoms with Crippen LogP contribution >= 0.6 is 0 Å². The molecule has 33 heavy (non-hydrogen) atoms. The van der Waals surface area contributed by atoms with Crippen molar-refractivity contribution < 1.29 is 9.47 Å². The Morgan fingerprint density at radius 3 is 1.76 bits per heavy atom. The smallest absolute Gasteiger partial charge is 0.130 e. The molecule has 4 aromatic rings. The van der Waals surface area contributed by atoms with E-state index in [0.717, 1.165) is 45.5 Å². The van der Waals surface area contributed by atoms with Crippen molar-refractivity contribution in [2.75, 3.05) is 11.5 Å². The van der Waals surface area contributed by atoms with E-state index in [9.17, 15) is 0 Å². The Hall–Kier alpha value is -3.92. The summed E-state index contributed by atoms with van der Waals surface area (Å²) in [5.41, 5.74) is 17.5. The second-order valence-corrected chi connectivity index (χ2v) is 8.92. The summed E-state index contributed by atoms with van der Waals surface area (Å²) < 4.78 is 12.1. The minimum atomic E-state index is -0.180. The first-order valence-corrected chi connectivity index (χ1v) is 11.0. The number of hydrogen-bond acceptors (Lipinski definition) is 4. The molecule has 4 aromatic carbocycles. The highest BCUT2D eigenvalue weighted by molar-refractivity contribution is 5.52. The normalized spacial score (nSPS) is 11.3. The van der Waals surface area contributed by atoms with E-state index >= 15 is 0 Å². The summed E-state index contributed by atoms with van der Waals surface area (Å²) in [6.45, 7) is 8.50. The monoisotopic (exact) mass is 438 g/mol. The number of aryl methyl sites for hydroxylation is 2. The van der Waals surface area contributed by atoms with Gasteiger partial charge in [-0.15, -0.1) is 0 Å². The van der Waals surface area contributed by atoms with E-state index in [1.165, 1.54) is 11.1 Å². The zero-order valence-corrected chi connectivity index (χ0v) is 19.6. The summed E-state index contributed by atoms with van der Waals surface area (Å²) in [6, 6.07) is 27.7. The van der Waals surface area contributed by atoms with E-state index in [1.54, 1.807) is 0 Å². The van der Waals surface area contributed by atoms with Crippen LogP contribution in [0, 0.1) is 13.8 Å². The van der Waals surface area contributed by atoms with Crippen LogP contribution in [0.3, 0.4) is 0 Å². The Morgan fingerprint density at radius 2 is 1.15 bits per heavy atom. The van der Waals surface area contributed by atoms with Crippen LogP contribution < -0.4 is 20.9 Å². The molecule has 0 atom stereocenters. The number of hydrogen-bond donors (Lipinski definition) is 2. The van der Waals surface area contributed by atoms with Gasteiger partial charge in [0.05, 0.1) is 0 Å². The quantitative estimate of drug-likeness (QED) is 0.308. The summed E-state index contributed by atoms with van der Waals surface area (Å²) >= 11 is 0. The van der Waals surface area contributed by atoms with Gasteiger partial charge in [-0.2, -0.15) is 0 Å². The summed E-state index contributed by atoms with van der Waals surface area (Å²) in [4.78, 5) is 0. The molecule has 0 unspecified atom stereocenters. The molecule has 4 nitrogen and oxygen atoms in total. The lowest BCUT2D eigenvalue weighted by Crippen LogP contribution is -2.19. The minimum absolute atomic E-state index is 0.180. The van der Waals surface area contributed by atoms with Gasteiger partial charge in [0.25, 0.3) is 0 Å². The average molecular weight is 439 g/mol. The van der Waals surface area contributed by atoms with Crippen molar-refractivity contribution in [2.24, 2.45) is 0 Å². The fourth-order valence-electron chi connectivity index (χ4n) is 3.77. The van der Waals surface area contributed by atoms with Crippen LogP contribution in [0.5, 0.6) is 23.0 Å². The van der Waals surface area contributed by atoms with Gasteiger partial charge in [0, 0.05) is 16.8 Å². The molecular formula is C29H30N2O2. The van der Waals surface area contributed by atoms with E-state index < -0.39 is 0 Å². The van der Waals surface area contributed by atoms with Gasteiger partial charge in [-0.3, -0.25) is 0 Å². The molecule has 0 aliphatic carbocycles. The second-order valence-electron chi connectivity index (χ2n) is 8.92. The fourth-order valence-corrected chi connectivity index (χ4v) is 3.77. The molecule has 4 heteroatoms. The van der Waals surface area contributed by atoms with Crippen molar-refractivity contribution in [3.05, 3.63) is 107 Å². The first-order valence-electron chi connectivity index (χ1n) is 11.0. The van der Waals surface area contributed by atoms with Crippen LogP contribution in [0.2, 0.25) is 0 Å². The molecule has 0 aliphatic heterocycles. The van der Waals surface area contributed by atoms with Crippen molar-refractivity contribution in [3.63, 3.8) is 0 Å². The molecule has 4 N–H and O–H groups in total. The van der Waals surface area contributed by atoms with Crippen molar-refractivity contribution >= 4 is 11.4 Å². The molecule has 0 aromatic heterocycles. The number of nitrogens with two attached hydrogens (primary N) is 2.